The van der Waals surface area contributed by atoms with Gasteiger partial charge in [0.1, 0.15) is 5.75 Å². The Kier molecular flexibility index (Phi) is 5.20. The van der Waals surface area contributed by atoms with Gasteiger partial charge in [0, 0.05) is 9.15 Å². The van der Waals surface area contributed by atoms with Crippen molar-refractivity contribution < 1.29 is 9.84 Å². The molecule has 20 heavy (non-hydrogen) atoms. The van der Waals surface area contributed by atoms with Crippen molar-refractivity contribution in [1.29, 1.82) is 0 Å². The van der Waals surface area contributed by atoms with Crippen LogP contribution in [-0.2, 0) is 0 Å². The molecular weight excluding hydrogens is 363 g/mol. The summed E-state index contributed by atoms with van der Waals surface area (Å²) in [6, 6.07) is 17.9. The van der Waals surface area contributed by atoms with Crippen LogP contribution in [0.1, 0.15) is 18.1 Å². The van der Waals surface area contributed by atoms with Gasteiger partial charge in [0.15, 0.2) is 0 Å². The van der Waals surface area contributed by atoms with E-state index in [1.165, 1.54) is 0 Å². The van der Waals surface area contributed by atoms with Crippen LogP contribution in [0.2, 0.25) is 0 Å². The van der Waals surface area contributed by atoms with Crippen LogP contribution in [0.15, 0.2) is 54.6 Å². The Morgan fingerprint density at radius 3 is 2.10 bits per heavy atom. The molecule has 0 aliphatic rings. The third-order valence-corrected chi connectivity index (χ3v) is 4.29. The van der Waals surface area contributed by atoms with Crippen molar-refractivity contribution in [3.8, 4) is 5.75 Å². The first-order valence-corrected chi connectivity index (χ1v) is 7.49. The van der Waals surface area contributed by atoms with Gasteiger partial charge >= 0.3 is 0 Å². The van der Waals surface area contributed by atoms with Crippen LogP contribution in [0.5, 0.6) is 5.75 Å². The molecule has 0 amide bonds. The number of hydrogen-bond acceptors (Lipinski definition) is 2. The summed E-state index contributed by atoms with van der Waals surface area (Å²) in [4.78, 5) is 0. The van der Waals surface area contributed by atoms with Gasteiger partial charge in [0.2, 0.25) is 0 Å². The zero-order chi connectivity index (χ0) is 14.5. The largest absolute Gasteiger partial charge is 0.497 e. The quantitative estimate of drug-likeness (QED) is 0.630. The maximum atomic E-state index is 10.1. The van der Waals surface area contributed by atoms with Gasteiger partial charge in [-0.05, 0) is 52.8 Å². The second kappa shape index (κ2) is 6.90. The second-order valence-electron chi connectivity index (χ2n) is 4.50. The molecule has 0 bridgehead atoms. The van der Waals surface area contributed by atoms with Crippen LogP contribution >= 0.6 is 22.6 Å². The molecule has 2 nitrogen and oxygen atoms in total. The number of ether oxygens (including phenoxy) is 1. The molecule has 0 heterocycles. The van der Waals surface area contributed by atoms with E-state index >= 15 is 0 Å². The molecule has 3 heteroatoms. The van der Waals surface area contributed by atoms with Gasteiger partial charge in [0.25, 0.3) is 0 Å². The first kappa shape index (κ1) is 15.1. The molecular formula is C17H17IO2. The Morgan fingerprint density at radius 2 is 1.60 bits per heavy atom. The average Bonchev–Trinajstić information content (AvgIpc) is 2.48. The molecule has 0 saturated carbocycles. The van der Waals surface area contributed by atoms with Gasteiger partial charge in [-0.3, -0.25) is 0 Å². The van der Waals surface area contributed by atoms with Crippen LogP contribution < -0.4 is 4.74 Å². The molecule has 0 saturated heterocycles. The highest BCUT2D eigenvalue weighted by Gasteiger charge is 2.14. The Bertz CT molecular complexity index is 586. The van der Waals surface area contributed by atoms with Crippen molar-refractivity contribution >= 4 is 31.7 Å². The summed E-state index contributed by atoms with van der Waals surface area (Å²) >= 11 is 2.29. The fraction of sp³-hybridized carbons (Fsp3) is 0.176. The lowest BCUT2D eigenvalue weighted by Crippen LogP contribution is -2.05. The highest BCUT2D eigenvalue weighted by molar-refractivity contribution is 14.1. The maximum absolute atomic E-state index is 10.1. The van der Waals surface area contributed by atoms with Gasteiger partial charge in [-0.25, -0.2) is 0 Å². The predicted molar refractivity (Wildman–Crippen MR) is 92.0 cm³/mol. The standard InChI is InChI=1S/C17H17IO2/c1-12(19)16(13-8-10-15(20-2)11-9-13)17(18)14-6-4-3-5-7-14/h3-12,19H,1-2H3/b17-16+. The Labute approximate surface area is 133 Å². The lowest BCUT2D eigenvalue weighted by Gasteiger charge is -2.15. The van der Waals surface area contributed by atoms with E-state index in [-0.39, 0.29) is 0 Å². The lowest BCUT2D eigenvalue weighted by molar-refractivity contribution is 0.254. The highest BCUT2D eigenvalue weighted by Crippen LogP contribution is 2.34. The van der Waals surface area contributed by atoms with Crippen molar-refractivity contribution in [1.82, 2.24) is 0 Å². The average molecular weight is 380 g/mol. The molecule has 0 fully saturated rings. The molecule has 2 aromatic carbocycles. The molecule has 0 spiro atoms. The lowest BCUT2D eigenvalue weighted by atomic mass is 9.98. The second-order valence-corrected chi connectivity index (χ2v) is 5.58. The summed E-state index contributed by atoms with van der Waals surface area (Å²) in [5, 5.41) is 10.1. The van der Waals surface area contributed by atoms with Crippen LogP contribution in [0, 0.1) is 0 Å². The van der Waals surface area contributed by atoms with Crippen molar-refractivity contribution in [2.75, 3.05) is 7.11 Å². The first-order chi connectivity index (χ1) is 9.63. The van der Waals surface area contributed by atoms with E-state index in [0.29, 0.717) is 0 Å². The summed E-state index contributed by atoms with van der Waals surface area (Å²) in [5.41, 5.74) is 3.05. The molecule has 1 unspecified atom stereocenters. The molecule has 2 rings (SSSR count). The number of hydrogen-bond donors (Lipinski definition) is 1. The normalized spacial score (nSPS) is 13.6. The molecule has 104 valence electrons. The minimum atomic E-state index is -0.532. The van der Waals surface area contributed by atoms with Crippen LogP contribution in [-0.4, -0.2) is 18.3 Å². The van der Waals surface area contributed by atoms with Crippen molar-refractivity contribution in [2.45, 2.75) is 13.0 Å². The summed E-state index contributed by atoms with van der Waals surface area (Å²) < 4.78 is 6.23. The Hall–Kier alpha value is -1.33. The van der Waals surface area contributed by atoms with Crippen molar-refractivity contribution in [2.24, 2.45) is 0 Å². The molecule has 1 atom stereocenters. The molecule has 2 aromatic rings. The van der Waals surface area contributed by atoms with E-state index < -0.39 is 6.10 Å². The number of benzene rings is 2. The highest BCUT2D eigenvalue weighted by atomic mass is 127. The van der Waals surface area contributed by atoms with E-state index in [9.17, 15) is 5.11 Å². The minimum Gasteiger partial charge on any atom is -0.497 e. The molecule has 1 N–H and O–H groups in total. The fourth-order valence-electron chi connectivity index (χ4n) is 2.06. The summed E-state index contributed by atoms with van der Waals surface area (Å²) in [5.74, 6) is 0.813. The third-order valence-electron chi connectivity index (χ3n) is 3.08. The van der Waals surface area contributed by atoms with Gasteiger partial charge in [-0.15, -0.1) is 0 Å². The van der Waals surface area contributed by atoms with E-state index in [1.54, 1.807) is 14.0 Å². The number of rotatable bonds is 4. The number of aliphatic hydroxyl groups excluding tert-OH is 1. The summed E-state index contributed by atoms with van der Waals surface area (Å²) in [7, 11) is 1.65. The summed E-state index contributed by atoms with van der Waals surface area (Å²) in [6.07, 6.45) is -0.532. The Balaban J connectivity index is 2.50. The Morgan fingerprint density at radius 1 is 1.00 bits per heavy atom. The van der Waals surface area contributed by atoms with Crippen molar-refractivity contribution in [3.05, 3.63) is 65.7 Å². The number of aliphatic hydroxyl groups is 1. The van der Waals surface area contributed by atoms with E-state index in [1.807, 2.05) is 54.6 Å². The topological polar surface area (TPSA) is 29.5 Å². The van der Waals surface area contributed by atoms with Gasteiger partial charge in [-0.2, -0.15) is 0 Å². The SMILES string of the molecule is COc1ccc(/C(=C(/I)c2ccccc2)C(C)O)cc1. The smallest absolute Gasteiger partial charge is 0.118 e. The van der Waals surface area contributed by atoms with Crippen LogP contribution in [0.4, 0.5) is 0 Å². The molecule has 0 radical (unpaired) electrons. The maximum Gasteiger partial charge on any atom is 0.118 e. The zero-order valence-electron chi connectivity index (χ0n) is 11.5. The van der Waals surface area contributed by atoms with Crippen molar-refractivity contribution in [3.63, 3.8) is 0 Å². The van der Waals surface area contributed by atoms with Gasteiger partial charge in [0.05, 0.1) is 13.2 Å². The monoisotopic (exact) mass is 380 g/mol. The zero-order valence-corrected chi connectivity index (χ0v) is 13.7. The molecule has 0 aromatic heterocycles. The van der Waals surface area contributed by atoms with Gasteiger partial charge < -0.3 is 9.84 Å². The van der Waals surface area contributed by atoms with Gasteiger partial charge in [-0.1, -0.05) is 42.5 Å². The number of halogens is 1. The van der Waals surface area contributed by atoms with E-state index in [0.717, 1.165) is 26.0 Å². The number of methoxy groups -OCH3 is 1. The molecule has 0 aliphatic carbocycles. The van der Waals surface area contributed by atoms with E-state index in [4.69, 9.17) is 4.74 Å². The summed E-state index contributed by atoms with van der Waals surface area (Å²) in [6.45, 7) is 1.79. The predicted octanol–water partition coefficient (Wildman–Crippen LogP) is 4.38. The van der Waals surface area contributed by atoms with Crippen LogP contribution in [0.3, 0.4) is 0 Å². The third kappa shape index (κ3) is 3.41. The van der Waals surface area contributed by atoms with E-state index in [2.05, 4.69) is 22.6 Å². The van der Waals surface area contributed by atoms with Crippen LogP contribution in [0.25, 0.3) is 9.15 Å². The first-order valence-electron chi connectivity index (χ1n) is 6.41. The molecule has 0 aliphatic heterocycles. The fourth-order valence-corrected chi connectivity index (χ4v) is 3.18. The minimum absolute atomic E-state index is 0.532.